The van der Waals surface area contributed by atoms with Gasteiger partial charge in [-0.15, -0.1) is 0 Å². The largest absolute Gasteiger partial charge is 0.494 e. The molecule has 0 aromatic heterocycles. The van der Waals surface area contributed by atoms with Gasteiger partial charge in [-0.05, 0) is 53.6 Å². The lowest BCUT2D eigenvalue weighted by Crippen LogP contribution is -2.53. The van der Waals surface area contributed by atoms with Crippen molar-refractivity contribution in [1.29, 1.82) is 0 Å². The van der Waals surface area contributed by atoms with E-state index in [1.165, 1.54) is 0 Å². The fraction of sp³-hybridized carbons (Fsp3) is 0.212. The first-order valence-electron chi connectivity index (χ1n) is 13.7. The van der Waals surface area contributed by atoms with Crippen LogP contribution in [0, 0.1) is 0 Å². The highest BCUT2D eigenvalue weighted by molar-refractivity contribution is 9.10. The maximum absolute atomic E-state index is 14.3. The van der Waals surface area contributed by atoms with Gasteiger partial charge in [-0.3, -0.25) is 10.2 Å². The van der Waals surface area contributed by atoms with E-state index in [2.05, 4.69) is 42.7 Å². The Kier molecular flexibility index (Phi) is 10.1. The third-order valence-electron chi connectivity index (χ3n) is 6.94. The number of rotatable bonds is 12. The van der Waals surface area contributed by atoms with Crippen LogP contribution in [0.3, 0.4) is 0 Å². The summed E-state index contributed by atoms with van der Waals surface area (Å²) in [4.78, 5) is 19.3. The molecule has 0 radical (unpaired) electrons. The SMILES string of the molecule is O=C(NNCc1ccccc1)[C@@]1(Cc2ccc(Br)cc2)N=C(c2ccc(OCCCO)cc2)O[C@H]1c1ccccc1Br. The van der Waals surface area contributed by atoms with Crippen LogP contribution in [0.15, 0.2) is 117 Å². The average molecular weight is 693 g/mol. The molecule has 1 amide bonds. The quantitative estimate of drug-likeness (QED) is 0.120. The van der Waals surface area contributed by atoms with Crippen LogP contribution in [0.1, 0.15) is 34.8 Å². The minimum atomic E-state index is -1.33. The second kappa shape index (κ2) is 14.1. The van der Waals surface area contributed by atoms with E-state index in [0.29, 0.717) is 37.6 Å². The molecular formula is C33H31Br2N3O4. The van der Waals surface area contributed by atoms with E-state index < -0.39 is 11.6 Å². The van der Waals surface area contributed by atoms with Crippen molar-refractivity contribution in [2.24, 2.45) is 4.99 Å². The summed E-state index contributed by atoms with van der Waals surface area (Å²) in [5.41, 5.74) is 8.22. The highest BCUT2D eigenvalue weighted by atomic mass is 79.9. The molecule has 4 aromatic carbocycles. The highest BCUT2D eigenvalue weighted by Crippen LogP contribution is 2.44. The number of hydrazine groups is 1. The van der Waals surface area contributed by atoms with Gasteiger partial charge in [0.15, 0.2) is 11.6 Å². The van der Waals surface area contributed by atoms with Crippen LogP contribution in [-0.2, 0) is 22.5 Å². The van der Waals surface area contributed by atoms with Crippen molar-refractivity contribution in [3.8, 4) is 5.75 Å². The zero-order chi connectivity index (χ0) is 29.4. The van der Waals surface area contributed by atoms with Gasteiger partial charge in [0, 0.05) is 46.1 Å². The van der Waals surface area contributed by atoms with Crippen molar-refractivity contribution in [3.63, 3.8) is 0 Å². The first-order valence-corrected chi connectivity index (χ1v) is 15.2. The molecule has 0 spiro atoms. The summed E-state index contributed by atoms with van der Waals surface area (Å²) in [6.07, 6.45) is 0.138. The minimum absolute atomic E-state index is 0.0713. The van der Waals surface area contributed by atoms with E-state index in [1.807, 2.05) is 103 Å². The number of carbonyl (C=O) groups is 1. The molecule has 42 heavy (non-hydrogen) atoms. The van der Waals surface area contributed by atoms with Crippen molar-refractivity contribution < 1.29 is 19.4 Å². The summed E-state index contributed by atoms with van der Waals surface area (Å²) < 4.78 is 14.1. The molecule has 7 nitrogen and oxygen atoms in total. The lowest BCUT2D eigenvalue weighted by atomic mass is 9.82. The number of hydrogen-bond acceptors (Lipinski definition) is 6. The van der Waals surface area contributed by atoms with Gasteiger partial charge in [0.2, 0.25) is 5.90 Å². The van der Waals surface area contributed by atoms with E-state index in [1.54, 1.807) is 0 Å². The molecule has 0 fully saturated rings. The second-order valence-electron chi connectivity index (χ2n) is 9.91. The van der Waals surface area contributed by atoms with Crippen LogP contribution in [0.25, 0.3) is 0 Å². The minimum Gasteiger partial charge on any atom is -0.494 e. The summed E-state index contributed by atoms with van der Waals surface area (Å²) in [5.74, 6) is 0.742. The monoisotopic (exact) mass is 691 g/mol. The normalized spacial score (nSPS) is 17.8. The third kappa shape index (κ3) is 7.10. The Hall–Kier alpha value is -3.50. The number of hydrogen-bond donors (Lipinski definition) is 3. The van der Waals surface area contributed by atoms with Gasteiger partial charge in [-0.1, -0.05) is 92.5 Å². The van der Waals surface area contributed by atoms with Crippen molar-refractivity contribution >= 4 is 43.7 Å². The predicted molar refractivity (Wildman–Crippen MR) is 170 cm³/mol. The molecule has 0 aliphatic carbocycles. The molecule has 0 saturated carbocycles. The molecule has 9 heteroatoms. The molecule has 216 valence electrons. The topological polar surface area (TPSA) is 92.2 Å². The Balaban J connectivity index is 1.52. The fourth-order valence-electron chi connectivity index (χ4n) is 4.79. The predicted octanol–water partition coefficient (Wildman–Crippen LogP) is 6.29. The van der Waals surface area contributed by atoms with Crippen LogP contribution in [0.5, 0.6) is 5.75 Å². The lowest BCUT2D eigenvalue weighted by Gasteiger charge is -2.31. The molecule has 4 aromatic rings. The molecule has 1 aliphatic rings. The first kappa shape index (κ1) is 30.0. The first-order chi connectivity index (χ1) is 20.5. The van der Waals surface area contributed by atoms with Crippen LogP contribution in [0.2, 0.25) is 0 Å². The van der Waals surface area contributed by atoms with Crippen molar-refractivity contribution in [1.82, 2.24) is 10.9 Å². The number of amides is 1. The number of nitrogens with zero attached hydrogens (tertiary/aromatic N) is 1. The zero-order valence-electron chi connectivity index (χ0n) is 22.8. The van der Waals surface area contributed by atoms with Crippen LogP contribution < -0.4 is 15.6 Å². The van der Waals surface area contributed by atoms with E-state index in [0.717, 1.165) is 31.2 Å². The lowest BCUT2D eigenvalue weighted by molar-refractivity contribution is -0.130. The maximum Gasteiger partial charge on any atom is 0.266 e. The van der Waals surface area contributed by atoms with Crippen LogP contribution in [0.4, 0.5) is 0 Å². The molecule has 0 bridgehead atoms. The van der Waals surface area contributed by atoms with E-state index in [9.17, 15) is 4.79 Å². The average Bonchev–Trinajstić information content (AvgIpc) is 3.39. The van der Waals surface area contributed by atoms with Crippen molar-refractivity contribution in [2.75, 3.05) is 13.2 Å². The number of ether oxygens (including phenoxy) is 2. The van der Waals surface area contributed by atoms with E-state index >= 15 is 0 Å². The number of halogens is 2. The van der Waals surface area contributed by atoms with E-state index in [-0.39, 0.29) is 12.5 Å². The summed E-state index contributed by atoms with van der Waals surface area (Å²) in [7, 11) is 0. The number of nitrogens with one attached hydrogen (secondary N) is 2. The zero-order valence-corrected chi connectivity index (χ0v) is 26.0. The molecular weight excluding hydrogens is 662 g/mol. The number of aliphatic hydroxyl groups is 1. The Morgan fingerprint density at radius 2 is 1.62 bits per heavy atom. The van der Waals surface area contributed by atoms with Gasteiger partial charge < -0.3 is 14.6 Å². The summed E-state index contributed by atoms with van der Waals surface area (Å²) in [6.45, 7) is 0.946. The highest BCUT2D eigenvalue weighted by Gasteiger charge is 2.53. The van der Waals surface area contributed by atoms with Gasteiger partial charge in [0.1, 0.15) is 5.75 Å². The smallest absolute Gasteiger partial charge is 0.266 e. The van der Waals surface area contributed by atoms with Crippen molar-refractivity contribution in [2.45, 2.75) is 31.0 Å². The summed E-state index contributed by atoms with van der Waals surface area (Å²) in [5, 5.41) is 9.04. The second-order valence-corrected chi connectivity index (χ2v) is 11.7. The Bertz CT molecular complexity index is 1510. The number of aliphatic imine (C=N–C) groups is 1. The fourth-order valence-corrected chi connectivity index (χ4v) is 5.55. The van der Waals surface area contributed by atoms with Gasteiger partial charge >= 0.3 is 0 Å². The van der Waals surface area contributed by atoms with Gasteiger partial charge in [-0.2, -0.15) is 0 Å². The summed E-state index contributed by atoms with van der Waals surface area (Å²) in [6, 6.07) is 32.9. The van der Waals surface area contributed by atoms with Gasteiger partial charge in [0.05, 0.1) is 6.61 Å². The van der Waals surface area contributed by atoms with E-state index in [4.69, 9.17) is 19.6 Å². The molecule has 0 unspecified atom stereocenters. The molecule has 5 rings (SSSR count). The Labute approximate surface area is 262 Å². The van der Waals surface area contributed by atoms with Crippen LogP contribution >= 0.6 is 31.9 Å². The molecule has 1 heterocycles. The maximum atomic E-state index is 14.3. The molecule has 1 aliphatic heterocycles. The number of benzene rings is 4. The van der Waals surface area contributed by atoms with Crippen molar-refractivity contribution in [3.05, 3.63) is 134 Å². The standard InChI is InChI=1S/C33H31Br2N3O4/c34-26-15-11-23(12-16-26)21-33(32(40)38-36-22-24-7-2-1-3-8-24)30(28-9-4-5-10-29(28)35)42-31(37-33)25-13-17-27(18-14-25)41-20-6-19-39/h1-5,7-18,30,36,39H,6,19-22H2,(H,38,40)/t30-,33-/m0/s1. The van der Waals surface area contributed by atoms with Crippen LogP contribution in [-0.4, -0.2) is 35.7 Å². The Morgan fingerprint density at radius 3 is 2.33 bits per heavy atom. The number of aliphatic hydroxyl groups excluding tert-OH is 1. The molecule has 3 N–H and O–H groups in total. The summed E-state index contributed by atoms with van der Waals surface area (Å²) >= 11 is 7.19. The number of carbonyl (C=O) groups excluding carboxylic acids is 1. The van der Waals surface area contributed by atoms with Gasteiger partial charge in [0.25, 0.3) is 5.91 Å². The Morgan fingerprint density at radius 1 is 0.905 bits per heavy atom. The molecule has 0 saturated heterocycles. The molecule has 2 atom stereocenters. The third-order valence-corrected chi connectivity index (χ3v) is 8.19. The van der Waals surface area contributed by atoms with Gasteiger partial charge in [-0.25, -0.2) is 10.4 Å².